The second-order valence-corrected chi connectivity index (χ2v) is 5.79. The van der Waals surface area contributed by atoms with E-state index in [9.17, 15) is 5.11 Å². The zero-order valence-electron chi connectivity index (χ0n) is 11.5. The largest absolute Gasteiger partial charge is 0.396 e. The molecule has 0 amide bonds. The van der Waals surface area contributed by atoms with Crippen LogP contribution in [0.15, 0.2) is 6.07 Å². The average Bonchev–Trinajstić information content (AvgIpc) is 3.12. The Bertz CT molecular complexity index is 392. The summed E-state index contributed by atoms with van der Waals surface area (Å²) in [5.41, 5.74) is 8.09. The first-order valence-corrected chi connectivity index (χ1v) is 6.95. The summed E-state index contributed by atoms with van der Waals surface area (Å²) in [5, 5.41) is 14.2. The summed E-state index contributed by atoms with van der Waals surface area (Å²) in [5.74, 6) is 0.777. The zero-order valence-corrected chi connectivity index (χ0v) is 11.5. The van der Waals surface area contributed by atoms with Crippen LogP contribution in [0.25, 0.3) is 0 Å². The lowest BCUT2D eigenvalue weighted by molar-refractivity contribution is 0.113. The monoisotopic (exact) mass is 251 g/mol. The fourth-order valence-electron chi connectivity index (χ4n) is 2.64. The topological polar surface area (TPSA) is 64.1 Å². The third-order valence-electron chi connectivity index (χ3n) is 4.13. The van der Waals surface area contributed by atoms with Crippen molar-refractivity contribution in [1.29, 1.82) is 0 Å². The number of hydrogen-bond acceptors (Lipinski definition) is 3. The highest BCUT2D eigenvalue weighted by atomic mass is 16.3. The van der Waals surface area contributed by atoms with Crippen molar-refractivity contribution in [3.63, 3.8) is 0 Å². The van der Waals surface area contributed by atoms with Crippen molar-refractivity contribution in [2.75, 3.05) is 13.2 Å². The van der Waals surface area contributed by atoms with Gasteiger partial charge in [-0.1, -0.05) is 19.8 Å². The van der Waals surface area contributed by atoms with Crippen molar-refractivity contribution in [2.45, 2.75) is 39.0 Å². The van der Waals surface area contributed by atoms with Gasteiger partial charge in [-0.05, 0) is 31.2 Å². The predicted molar refractivity (Wildman–Crippen MR) is 72.2 cm³/mol. The van der Waals surface area contributed by atoms with Crippen molar-refractivity contribution in [3.05, 3.63) is 17.5 Å². The maximum atomic E-state index is 9.76. The third-order valence-corrected chi connectivity index (χ3v) is 4.13. The molecule has 2 rings (SSSR count). The van der Waals surface area contributed by atoms with Crippen LogP contribution in [0.5, 0.6) is 0 Å². The Balaban J connectivity index is 2.13. The zero-order chi connectivity index (χ0) is 13.2. The van der Waals surface area contributed by atoms with Gasteiger partial charge in [0.25, 0.3) is 0 Å². The lowest BCUT2D eigenvalue weighted by Crippen LogP contribution is -2.37. The van der Waals surface area contributed by atoms with Gasteiger partial charge in [0.15, 0.2) is 0 Å². The molecule has 4 nitrogen and oxygen atoms in total. The number of nitrogens with two attached hydrogens (primary N) is 1. The molecule has 1 saturated carbocycles. The van der Waals surface area contributed by atoms with E-state index < -0.39 is 0 Å². The number of aliphatic hydroxyl groups is 1. The van der Waals surface area contributed by atoms with Gasteiger partial charge in [0.1, 0.15) is 0 Å². The molecule has 0 aromatic carbocycles. The van der Waals surface area contributed by atoms with Gasteiger partial charge in [-0.25, -0.2) is 0 Å². The highest BCUT2D eigenvalue weighted by Crippen LogP contribution is 2.41. The second kappa shape index (κ2) is 5.41. The molecule has 1 aromatic rings. The molecular formula is C14H25N3O. The van der Waals surface area contributed by atoms with Gasteiger partial charge in [-0.15, -0.1) is 0 Å². The Morgan fingerprint density at radius 3 is 2.72 bits per heavy atom. The van der Waals surface area contributed by atoms with Crippen LogP contribution in [-0.4, -0.2) is 28.0 Å². The normalized spacial score (nSPS) is 18.9. The molecule has 1 aromatic heterocycles. The Kier molecular flexibility index (Phi) is 4.07. The fourth-order valence-corrected chi connectivity index (χ4v) is 2.64. The highest BCUT2D eigenvalue weighted by Gasteiger charge is 2.36. The Morgan fingerprint density at radius 1 is 1.56 bits per heavy atom. The molecule has 1 aliphatic rings. The second-order valence-electron chi connectivity index (χ2n) is 5.79. The van der Waals surface area contributed by atoms with Crippen LogP contribution >= 0.6 is 0 Å². The molecule has 3 N–H and O–H groups in total. The molecular weight excluding hydrogens is 226 g/mol. The van der Waals surface area contributed by atoms with Gasteiger partial charge in [0.05, 0.1) is 12.3 Å². The van der Waals surface area contributed by atoms with Crippen LogP contribution in [0.4, 0.5) is 0 Å². The van der Waals surface area contributed by atoms with Crippen molar-refractivity contribution < 1.29 is 5.11 Å². The molecule has 1 fully saturated rings. The molecule has 0 bridgehead atoms. The first-order valence-electron chi connectivity index (χ1n) is 6.95. The van der Waals surface area contributed by atoms with Gasteiger partial charge in [0.2, 0.25) is 0 Å². The van der Waals surface area contributed by atoms with E-state index in [0.717, 1.165) is 30.9 Å². The molecule has 0 aliphatic heterocycles. The summed E-state index contributed by atoms with van der Waals surface area (Å²) in [7, 11) is 1.98. The minimum Gasteiger partial charge on any atom is -0.396 e. The Hall–Kier alpha value is -0.870. The predicted octanol–water partition coefficient (Wildman–Crippen LogP) is 1.26. The van der Waals surface area contributed by atoms with Crippen molar-refractivity contribution in [1.82, 2.24) is 9.78 Å². The number of nitrogens with zero attached hydrogens (tertiary/aromatic N) is 2. The minimum atomic E-state index is -0.153. The summed E-state index contributed by atoms with van der Waals surface area (Å²) in [6.07, 6.45) is 5.43. The van der Waals surface area contributed by atoms with E-state index in [0.29, 0.717) is 6.54 Å². The molecule has 0 saturated heterocycles. The van der Waals surface area contributed by atoms with Crippen molar-refractivity contribution in [3.8, 4) is 0 Å². The number of rotatable bonds is 7. The number of hydrogen-bond donors (Lipinski definition) is 2. The summed E-state index contributed by atoms with van der Waals surface area (Å²) in [6.45, 7) is 2.83. The Labute approximate surface area is 109 Å². The summed E-state index contributed by atoms with van der Waals surface area (Å²) < 4.78 is 1.94. The molecule has 1 unspecified atom stereocenters. The van der Waals surface area contributed by atoms with E-state index in [4.69, 9.17) is 5.73 Å². The van der Waals surface area contributed by atoms with Gasteiger partial charge in [-0.2, -0.15) is 5.10 Å². The van der Waals surface area contributed by atoms with E-state index in [1.165, 1.54) is 18.5 Å². The standard InChI is InChI=1S/C14H25N3O/c1-3-12-6-13(17(2)16-12)8-14(9-15,10-18)7-11-4-5-11/h6,11,18H,3-5,7-10,15H2,1-2H3. The molecule has 102 valence electrons. The number of aryl methyl sites for hydroxylation is 2. The Morgan fingerprint density at radius 2 is 2.28 bits per heavy atom. The average molecular weight is 251 g/mol. The van der Waals surface area contributed by atoms with E-state index in [1.807, 2.05) is 11.7 Å². The van der Waals surface area contributed by atoms with Crippen LogP contribution in [0.3, 0.4) is 0 Å². The molecule has 0 spiro atoms. The van der Waals surface area contributed by atoms with E-state index in [1.54, 1.807) is 0 Å². The highest BCUT2D eigenvalue weighted by molar-refractivity contribution is 5.13. The van der Waals surface area contributed by atoms with E-state index in [-0.39, 0.29) is 12.0 Å². The van der Waals surface area contributed by atoms with E-state index in [2.05, 4.69) is 18.1 Å². The first kappa shape index (κ1) is 13.6. The van der Waals surface area contributed by atoms with Crippen LogP contribution in [-0.2, 0) is 19.9 Å². The van der Waals surface area contributed by atoms with Crippen LogP contribution < -0.4 is 5.73 Å². The molecule has 4 heteroatoms. The van der Waals surface area contributed by atoms with Crippen LogP contribution in [0.2, 0.25) is 0 Å². The summed E-state index contributed by atoms with van der Waals surface area (Å²) in [4.78, 5) is 0. The molecule has 0 radical (unpaired) electrons. The first-order chi connectivity index (χ1) is 8.62. The van der Waals surface area contributed by atoms with Gasteiger partial charge in [0, 0.05) is 24.7 Å². The van der Waals surface area contributed by atoms with Gasteiger partial charge in [-0.3, -0.25) is 4.68 Å². The van der Waals surface area contributed by atoms with Crippen LogP contribution in [0.1, 0.15) is 37.6 Å². The lowest BCUT2D eigenvalue weighted by atomic mass is 9.79. The molecule has 1 atom stereocenters. The molecule has 1 aliphatic carbocycles. The summed E-state index contributed by atoms with van der Waals surface area (Å²) in [6, 6.07) is 2.15. The number of aliphatic hydroxyl groups excluding tert-OH is 1. The fraction of sp³-hybridized carbons (Fsp3) is 0.786. The SMILES string of the molecule is CCc1cc(CC(CN)(CO)CC2CC2)n(C)n1. The van der Waals surface area contributed by atoms with Gasteiger partial charge >= 0.3 is 0 Å². The smallest absolute Gasteiger partial charge is 0.0624 e. The maximum absolute atomic E-state index is 9.76. The quantitative estimate of drug-likeness (QED) is 0.767. The van der Waals surface area contributed by atoms with Crippen molar-refractivity contribution in [2.24, 2.45) is 24.1 Å². The van der Waals surface area contributed by atoms with Gasteiger partial charge < -0.3 is 10.8 Å². The lowest BCUT2D eigenvalue weighted by Gasteiger charge is -2.30. The molecule has 18 heavy (non-hydrogen) atoms. The van der Waals surface area contributed by atoms with Crippen LogP contribution in [0, 0.1) is 11.3 Å². The molecule has 1 heterocycles. The minimum absolute atomic E-state index is 0.153. The van der Waals surface area contributed by atoms with Crippen molar-refractivity contribution >= 4 is 0 Å². The number of aromatic nitrogens is 2. The summed E-state index contributed by atoms with van der Waals surface area (Å²) >= 11 is 0. The third kappa shape index (κ3) is 2.93. The van der Waals surface area contributed by atoms with E-state index >= 15 is 0 Å². The maximum Gasteiger partial charge on any atom is 0.0624 e.